The van der Waals surface area contributed by atoms with E-state index in [1.165, 1.54) is 19.3 Å². The molecule has 1 aliphatic heterocycles. The average molecular weight is 495 g/mol. The number of anilines is 1. The first-order valence-electron chi connectivity index (χ1n) is 13.0. The SMILES string of the molecule is CCCCOCCn1c(=O)c(N(C)CCN2CCCCC2)nc2cnc(-c3ccc(OC)nc3)cc21. The van der Waals surface area contributed by atoms with Crippen LogP contribution in [0.3, 0.4) is 0 Å². The first-order chi connectivity index (χ1) is 17.6. The zero-order valence-corrected chi connectivity index (χ0v) is 21.8. The largest absolute Gasteiger partial charge is 0.481 e. The van der Waals surface area contributed by atoms with Crippen molar-refractivity contribution in [2.45, 2.75) is 45.6 Å². The van der Waals surface area contributed by atoms with Crippen LogP contribution >= 0.6 is 0 Å². The van der Waals surface area contributed by atoms with Crippen molar-refractivity contribution in [1.82, 2.24) is 24.4 Å². The van der Waals surface area contributed by atoms with E-state index < -0.39 is 0 Å². The van der Waals surface area contributed by atoms with Crippen LogP contribution in [0.4, 0.5) is 5.82 Å². The number of piperidine rings is 1. The summed E-state index contributed by atoms with van der Waals surface area (Å²) < 4.78 is 12.8. The lowest BCUT2D eigenvalue weighted by atomic mass is 10.1. The molecule has 1 aliphatic rings. The molecular weight excluding hydrogens is 456 g/mol. The van der Waals surface area contributed by atoms with Gasteiger partial charge in [0.05, 0.1) is 31.1 Å². The predicted octanol–water partition coefficient (Wildman–Crippen LogP) is 3.60. The Bertz CT molecular complexity index is 1170. The second-order valence-corrected chi connectivity index (χ2v) is 9.33. The van der Waals surface area contributed by atoms with Gasteiger partial charge in [-0.1, -0.05) is 19.8 Å². The number of ether oxygens (including phenoxy) is 2. The number of pyridine rings is 2. The lowest BCUT2D eigenvalue weighted by Crippen LogP contribution is -2.39. The van der Waals surface area contributed by atoms with Crippen LogP contribution in [-0.4, -0.2) is 78.0 Å². The quantitative estimate of drug-likeness (QED) is 0.353. The molecule has 9 heteroatoms. The number of rotatable bonds is 12. The van der Waals surface area contributed by atoms with Crippen LogP contribution in [0.15, 0.2) is 35.4 Å². The number of hydrogen-bond donors (Lipinski definition) is 0. The number of methoxy groups -OCH3 is 1. The first-order valence-corrected chi connectivity index (χ1v) is 13.0. The van der Waals surface area contributed by atoms with Crippen molar-refractivity contribution >= 4 is 16.9 Å². The Morgan fingerprint density at radius 2 is 1.89 bits per heavy atom. The second kappa shape index (κ2) is 12.8. The lowest BCUT2D eigenvalue weighted by molar-refractivity contribution is 0.123. The molecule has 0 atom stereocenters. The summed E-state index contributed by atoms with van der Waals surface area (Å²) in [5, 5.41) is 0. The van der Waals surface area contributed by atoms with E-state index in [-0.39, 0.29) is 5.56 Å². The van der Waals surface area contributed by atoms with E-state index in [9.17, 15) is 4.79 Å². The zero-order valence-electron chi connectivity index (χ0n) is 21.8. The molecule has 9 nitrogen and oxygen atoms in total. The van der Waals surface area contributed by atoms with E-state index in [1.807, 2.05) is 24.1 Å². The van der Waals surface area contributed by atoms with Crippen LogP contribution in [0.25, 0.3) is 22.3 Å². The topological polar surface area (TPSA) is 85.6 Å². The molecular formula is C27H38N6O3. The Hall–Kier alpha value is -3.04. The molecule has 3 aromatic rings. The highest BCUT2D eigenvalue weighted by Gasteiger charge is 2.18. The number of fused-ring (bicyclic) bond motifs is 1. The third-order valence-corrected chi connectivity index (χ3v) is 6.72. The van der Waals surface area contributed by atoms with Gasteiger partial charge in [-0.2, -0.15) is 0 Å². The highest BCUT2D eigenvalue weighted by Crippen LogP contribution is 2.22. The van der Waals surface area contributed by atoms with Gasteiger partial charge in [0.1, 0.15) is 5.52 Å². The fourth-order valence-electron chi connectivity index (χ4n) is 4.50. The molecule has 0 spiro atoms. The van der Waals surface area contributed by atoms with Gasteiger partial charge < -0.3 is 23.8 Å². The molecule has 0 saturated carbocycles. The predicted molar refractivity (Wildman–Crippen MR) is 143 cm³/mol. The van der Waals surface area contributed by atoms with Gasteiger partial charge in [-0.3, -0.25) is 9.78 Å². The van der Waals surface area contributed by atoms with Gasteiger partial charge >= 0.3 is 0 Å². The molecule has 194 valence electrons. The standard InChI is InChI=1S/C27H38N6O3/c1-4-5-16-36-17-15-33-24-18-22(21-9-10-25(35-3)29-19-21)28-20-23(24)30-26(27(33)34)31(2)13-14-32-11-7-6-8-12-32/h9-10,18-20H,4-8,11-17H2,1-3H3. The minimum Gasteiger partial charge on any atom is -0.481 e. The van der Waals surface area contributed by atoms with Gasteiger partial charge in [-0.15, -0.1) is 0 Å². The Labute approximate surface area is 213 Å². The van der Waals surface area contributed by atoms with Crippen LogP contribution in [0.1, 0.15) is 39.0 Å². The molecule has 4 rings (SSSR count). The number of likely N-dealkylation sites (tertiary alicyclic amines) is 1. The average Bonchev–Trinajstić information content (AvgIpc) is 2.92. The summed E-state index contributed by atoms with van der Waals surface area (Å²) >= 11 is 0. The van der Waals surface area contributed by atoms with E-state index in [2.05, 4.69) is 21.8 Å². The number of hydrogen-bond acceptors (Lipinski definition) is 8. The summed E-state index contributed by atoms with van der Waals surface area (Å²) in [6.45, 7) is 7.70. The summed E-state index contributed by atoms with van der Waals surface area (Å²) in [5.41, 5.74) is 2.90. The van der Waals surface area contributed by atoms with Crippen molar-refractivity contribution in [1.29, 1.82) is 0 Å². The molecule has 0 amide bonds. The molecule has 0 radical (unpaired) electrons. The van der Waals surface area contributed by atoms with Gasteiger partial charge in [0.25, 0.3) is 5.56 Å². The van der Waals surface area contributed by atoms with Crippen LogP contribution in [0, 0.1) is 0 Å². The van der Waals surface area contributed by atoms with Gasteiger partial charge in [-0.25, -0.2) is 9.97 Å². The van der Waals surface area contributed by atoms with E-state index >= 15 is 0 Å². The van der Waals surface area contributed by atoms with Crippen molar-refractivity contribution < 1.29 is 9.47 Å². The van der Waals surface area contributed by atoms with Crippen LogP contribution in [0.2, 0.25) is 0 Å². The van der Waals surface area contributed by atoms with E-state index in [0.717, 1.165) is 55.8 Å². The molecule has 1 fully saturated rings. The zero-order chi connectivity index (χ0) is 25.3. The maximum absolute atomic E-state index is 13.7. The van der Waals surface area contributed by atoms with Gasteiger partial charge in [-0.05, 0) is 44.5 Å². The first kappa shape index (κ1) is 26.0. The van der Waals surface area contributed by atoms with Gasteiger partial charge in [0, 0.05) is 51.1 Å². The van der Waals surface area contributed by atoms with E-state index in [1.54, 1.807) is 30.1 Å². The Morgan fingerprint density at radius 3 is 2.61 bits per heavy atom. The summed E-state index contributed by atoms with van der Waals surface area (Å²) in [4.78, 5) is 31.8. The Balaban J connectivity index is 1.63. The fraction of sp³-hybridized carbons (Fsp3) is 0.556. The molecule has 36 heavy (non-hydrogen) atoms. The van der Waals surface area contributed by atoms with Crippen LogP contribution < -0.4 is 15.2 Å². The number of unbranched alkanes of at least 4 members (excludes halogenated alkanes) is 1. The van der Waals surface area contributed by atoms with E-state index in [0.29, 0.717) is 37.0 Å². The highest BCUT2D eigenvalue weighted by molar-refractivity contribution is 5.80. The van der Waals surface area contributed by atoms with Gasteiger partial charge in [0.2, 0.25) is 5.88 Å². The van der Waals surface area contributed by atoms with Crippen molar-refractivity contribution in [2.75, 3.05) is 58.5 Å². The highest BCUT2D eigenvalue weighted by atomic mass is 16.5. The van der Waals surface area contributed by atoms with Crippen molar-refractivity contribution in [3.63, 3.8) is 0 Å². The van der Waals surface area contributed by atoms with Crippen LogP contribution in [-0.2, 0) is 11.3 Å². The van der Waals surface area contributed by atoms with E-state index in [4.69, 9.17) is 14.5 Å². The molecule has 0 aliphatic carbocycles. The molecule has 4 heterocycles. The Morgan fingerprint density at radius 1 is 1.06 bits per heavy atom. The molecule has 0 N–H and O–H groups in total. The second-order valence-electron chi connectivity index (χ2n) is 9.33. The summed E-state index contributed by atoms with van der Waals surface area (Å²) in [6.07, 6.45) is 9.36. The minimum absolute atomic E-state index is 0.104. The third-order valence-electron chi connectivity index (χ3n) is 6.72. The van der Waals surface area contributed by atoms with Crippen molar-refractivity contribution in [3.05, 3.63) is 40.9 Å². The normalized spacial score (nSPS) is 14.3. The summed E-state index contributed by atoms with van der Waals surface area (Å²) in [7, 11) is 3.54. The summed E-state index contributed by atoms with van der Waals surface area (Å²) in [5.74, 6) is 0.994. The van der Waals surface area contributed by atoms with Crippen molar-refractivity contribution in [3.8, 4) is 17.1 Å². The fourth-order valence-corrected chi connectivity index (χ4v) is 4.50. The lowest BCUT2D eigenvalue weighted by Gasteiger charge is -2.29. The number of aromatic nitrogens is 4. The van der Waals surface area contributed by atoms with Gasteiger partial charge in [0.15, 0.2) is 5.82 Å². The van der Waals surface area contributed by atoms with Crippen molar-refractivity contribution in [2.24, 2.45) is 0 Å². The molecule has 0 unspecified atom stereocenters. The maximum atomic E-state index is 13.7. The minimum atomic E-state index is -0.104. The third kappa shape index (κ3) is 6.39. The molecule has 0 aromatic carbocycles. The monoisotopic (exact) mass is 494 g/mol. The molecule has 1 saturated heterocycles. The number of likely N-dealkylation sites (N-methyl/N-ethyl adjacent to an activating group) is 1. The van der Waals surface area contributed by atoms with Crippen LogP contribution in [0.5, 0.6) is 5.88 Å². The molecule has 0 bridgehead atoms. The summed E-state index contributed by atoms with van der Waals surface area (Å²) in [6, 6.07) is 5.62. The number of nitrogens with zero attached hydrogens (tertiary/aromatic N) is 6. The smallest absolute Gasteiger partial charge is 0.294 e. The molecule has 3 aromatic heterocycles. The maximum Gasteiger partial charge on any atom is 0.294 e. The Kier molecular flexibility index (Phi) is 9.24.